The van der Waals surface area contributed by atoms with Crippen molar-refractivity contribution in [1.29, 1.82) is 0 Å². The zero-order chi connectivity index (χ0) is 19.7. The molecule has 0 bridgehead atoms. The topological polar surface area (TPSA) is 84.2 Å². The molecule has 0 saturated heterocycles. The number of nitrogens with zero attached hydrogens (tertiary/aromatic N) is 1. The van der Waals surface area contributed by atoms with Crippen LogP contribution in [0.4, 0.5) is 0 Å². The standard InChI is InChI=1S/C21H17N3O3S/c1-12-14-6-3-4-7-17(14)27-19(12)21(26)24-23-20(25)15-9-10-16(22-13(15)2)18-8-5-11-28-18/h3-11H,1-2H3,(H,23,25)(H,24,26). The molecule has 1 aromatic carbocycles. The summed E-state index contributed by atoms with van der Waals surface area (Å²) < 4.78 is 5.60. The van der Waals surface area contributed by atoms with Gasteiger partial charge >= 0.3 is 5.91 Å². The molecule has 0 unspecified atom stereocenters. The number of para-hydroxylation sites is 1. The van der Waals surface area contributed by atoms with Gasteiger partial charge in [0.2, 0.25) is 0 Å². The number of thiophene rings is 1. The maximum absolute atomic E-state index is 12.5. The third kappa shape index (κ3) is 3.27. The van der Waals surface area contributed by atoms with Crippen LogP contribution in [-0.2, 0) is 0 Å². The molecule has 4 aromatic rings. The van der Waals surface area contributed by atoms with E-state index in [-0.39, 0.29) is 5.76 Å². The zero-order valence-electron chi connectivity index (χ0n) is 15.3. The summed E-state index contributed by atoms with van der Waals surface area (Å²) in [5.41, 5.74) is 7.97. The van der Waals surface area contributed by atoms with Crippen molar-refractivity contribution in [2.45, 2.75) is 13.8 Å². The molecule has 3 heterocycles. The first-order valence-electron chi connectivity index (χ1n) is 8.65. The van der Waals surface area contributed by atoms with Gasteiger partial charge in [0.25, 0.3) is 5.91 Å². The van der Waals surface area contributed by atoms with Gasteiger partial charge in [-0.05, 0) is 43.5 Å². The van der Waals surface area contributed by atoms with E-state index in [1.165, 1.54) is 0 Å². The molecule has 2 amide bonds. The Balaban J connectivity index is 1.48. The lowest BCUT2D eigenvalue weighted by atomic mass is 10.1. The second-order valence-electron chi connectivity index (χ2n) is 6.27. The van der Waals surface area contributed by atoms with Crippen molar-refractivity contribution >= 4 is 34.1 Å². The fourth-order valence-corrected chi connectivity index (χ4v) is 3.69. The molecule has 7 heteroatoms. The number of hydrogen-bond acceptors (Lipinski definition) is 5. The number of rotatable bonds is 3. The van der Waals surface area contributed by atoms with Gasteiger partial charge in [0, 0.05) is 10.9 Å². The summed E-state index contributed by atoms with van der Waals surface area (Å²) in [5, 5.41) is 2.84. The summed E-state index contributed by atoms with van der Waals surface area (Å²) in [6, 6.07) is 14.8. The fraction of sp³-hybridized carbons (Fsp3) is 0.0952. The van der Waals surface area contributed by atoms with Gasteiger partial charge in [-0.2, -0.15) is 0 Å². The van der Waals surface area contributed by atoms with Gasteiger partial charge in [-0.1, -0.05) is 24.3 Å². The van der Waals surface area contributed by atoms with Crippen LogP contribution < -0.4 is 10.9 Å². The minimum absolute atomic E-state index is 0.171. The van der Waals surface area contributed by atoms with Crippen LogP contribution in [-0.4, -0.2) is 16.8 Å². The van der Waals surface area contributed by atoms with Crippen molar-refractivity contribution in [2.24, 2.45) is 0 Å². The molecule has 0 spiro atoms. The molecule has 140 valence electrons. The number of amides is 2. The molecular formula is C21H17N3O3S. The zero-order valence-corrected chi connectivity index (χ0v) is 16.1. The van der Waals surface area contributed by atoms with Gasteiger partial charge in [0.05, 0.1) is 21.8 Å². The average Bonchev–Trinajstić information content (AvgIpc) is 3.35. The number of fused-ring (bicyclic) bond motifs is 1. The fourth-order valence-electron chi connectivity index (χ4n) is 2.99. The Morgan fingerprint density at radius 1 is 0.964 bits per heavy atom. The summed E-state index contributed by atoms with van der Waals surface area (Å²) in [4.78, 5) is 30.4. The van der Waals surface area contributed by atoms with Crippen molar-refractivity contribution in [3.8, 4) is 10.6 Å². The normalized spacial score (nSPS) is 10.8. The van der Waals surface area contributed by atoms with Gasteiger partial charge in [-0.3, -0.25) is 25.4 Å². The smallest absolute Gasteiger partial charge is 0.305 e. The second-order valence-corrected chi connectivity index (χ2v) is 7.22. The Kier molecular flexibility index (Phi) is 4.67. The van der Waals surface area contributed by atoms with Crippen LogP contribution >= 0.6 is 11.3 Å². The first-order chi connectivity index (χ1) is 13.5. The number of aryl methyl sites for hydroxylation is 2. The van der Waals surface area contributed by atoms with Crippen LogP contribution in [0.15, 0.2) is 58.3 Å². The third-order valence-electron chi connectivity index (χ3n) is 4.44. The molecular weight excluding hydrogens is 374 g/mol. The van der Waals surface area contributed by atoms with E-state index in [1.807, 2.05) is 35.7 Å². The lowest BCUT2D eigenvalue weighted by Crippen LogP contribution is -2.42. The lowest BCUT2D eigenvalue weighted by Gasteiger charge is -2.09. The molecule has 28 heavy (non-hydrogen) atoms. The summed E-state index contributed by atoms with van der Waals surface area (Å²) >= 11 is 1.58. The van der Waals surface area contributed by atoms with Crippen LogP contribution in [0.5, 0.6) is 0 Å². The molecule has 4 rings (SSSR count). The van der Waals surface area contributed by atoms with Crippen molar-refractivity contribution in [1.82, 2.24) is 15.8 Å². The molecule has 0 atom stereocenters. The van der Waals surface area contributed by atoms with Crippen LogP contribution in [0, 0.1) is 13.8 Å². The Morgan fingerprint density at radius 2 is 1.75 bits per heavy atom. The maximum atomic E-state index is 12.5. The average molecular weight is 391 g/mol. The number of hydrogen-bond donors (Lipinski definition) is 2. The number of hydrazine groups is 1. The molecule has 2 N–H and O–H groups in total. The molecule has 6 nitrogen and oxygen atoms in total. The van der Waals surface area contributed by atoms with E-state index in [0.717, 1.165) is 21.5 Å². The lowest BCUT2D eigenvalue weighted by molar-refractivity contribution is 0.0831. The molecule has 3 aromatic heterocycles. The molecule has 0 saturated carbocycles. The van der Waals surface area contributed by atoms with Crippen molar-refractivity contribution in [3.05, 3.63) is 76.5 Å². The molecule has 0 aliphatic rings. The number of aromatic nitrogens is 1. The number of nitrogens with one attached hydrogen (secondary N) is 2. The van der Waals surface area contributed by atoms with Crippen LogP contribution in [0.3, 0.4) is 0 Å². The highest BCUT2D eigenvalue weighted by atomic mass is 32.1. The number of benzene rings is 1. The highest BCUT2D eigenvalue weighted by molar-refractivity contribution is 7.13. The van der Waals surface area contributed by atoms with E-state index < -0.39 is 11.8 Å². The SMILES string of the molecule is Cc1nc(-c2cccs2)ccc1C(=O)NNC(=O)c1oc2ccccc2c1C. The molecule has 0 radical (unpaired) electrons. The minimum atomic E-state index is -0.511. The van der Waals surface area contributed by atoms with Crippen molar-refractivity contribution < 1.29 is 14.0 Å². The van der Waals surface area contributed by atoms with E-state index in [0.29, 0.717) is 16.8 Å². The maximum Gasteiger partial charge on any atom is 0.305 e. The van der Waals surface area contributed by atoms with E-state index in [1.54, 1.807) is 43.4 Å². The summed E-state index contributed by atoms with van der Waals surface area (Å²) in [5.74, 6) is -0.780. The van der Waals surface area contributed by atoms with Crippen LogP contribution in [0.2, 0.25) is 0 Å². The number of carbonyl (C=O) groups is 2. The number of furan rings is 1. The van der Waals surface area contributed by atoms with Crippen LogP contribution in [0.1, 0.15) is 32.2 Å². The number of pyridine rings is 1. The van der Waals surface area contributed by atoms with E-state index in [9.17, 15) is 9.59 Å². The van der Waals surface area contributed by atoms with Gasteiger partial charge in [-0.15, -0.1) is 11.3 Å². The predicted octanol–water partition coefficient (Wildman–Crippen LogP) is 4.25. The molecule has 0 fully saturated rings. The summed E-state index contributed by atoms with van der Waals surface area (Å²) in [6.45, 7) is 3.57. The van der Waals surface area contributed by atoms with Crippen LogP contribution in [0.25, 0.3) is 21.5 Å². The first-order valence-corrected chi connectivity index (χ1v) is 9.53. The van der Waals surface area contributed by atoms with E-state index in [4.69, 9.17) is 4.42 Å². The van der Waals surface area contributed by atoms with E-state index >= 15 is 0 Å². The van der Waals surface area contributed by atoms with Gasteiger partial charge in [0.1, 0.15) is 5.58 Å². The Labute approximate surface area is 165 Å². The predicted molar refractivity (Wildman–Crippen MR) is 108 cm³/mol. The van der Waals surface area contributed by atoms with Gasteiger partial charge in [-0.25, -0.2) is 0 Å². The summed E-state index contributed by atoms with van der Waals surface area (Å²) in [7, 11) is 0. The van der Waals surface area contributed by atoms with E-state index in [2.05, 4.69) is 15.8 Å². The van der Waals surface area contributed by atoms with Crippen molar-refractivity contribution in [3.63, 3.8) is 0 Å². The monoisotopic (exact) mass is 391 g/mol. The Hall–Kier alpha value is -3.45. The highest BCUT2D eigenvalue weighted by Gasteiger charge is 2.19. The Morgan fingerprint density at radius 3 is 2.46 bits per heavy atom. The largest absolute Gasteiger partial charge is 0.451 e. The number of carbonyl (C=O) groups excluding carboxylic acids is 2. The third-order valence-corrected chi connectivity index (χ3v) is 5.34. The minimum Gasteiger partial charge on any atom is -0.451 e. The van der Waals surface area contributed by atoms with Gasteiger partial charge in [0.15, 0.2) is 5.76 Å². The quantitative estimate of drug-likeness (QED) is 0.512. The first kappa shape index (κ1) is 17.9. The van der Waals surface area contributed by atoms with Crippen molar-refractivity contribution in [2.75, 3.05) is 0 Å². The second kappa shape index (κ2) is 7.28. The van der Waals surface area contributed by atoms with Gasteiger partial charge < -0.3 is 4.42 Å². The molecule has 0 aliphatic carbocycles. The molecule has 0 aliphatic heterocycles. The summed E-state index contributed by atoms with van der Waals surface area (Å²) in [6.07, 6.45) is 0. The highest BCUT2D eigenvalue weighted by Crippen LogP contribution is 2.25. The Bertz CT molecular complexity index is 1180.